The molecule has 0 radical (unpaired) electrons. The topological polar surface area (TPSA) is 26.3 Å². The van der Waals surface area contributed by atoms with Crippen LogP contribution in [0.15, 0.2) is 30.3 Å². The molecular weight excluding hydrogens is 172 g/mol. The lowest BCUT2D eigenvalue weighted by Crippen LogP contribution is -1.99. The van der Waals surface area contributed by atoms with E-state index in [1.54, 1.807) is 0 Å². The monoisotopic (exact) mass is 182 g/mol. The molecule has 0 unspecified atom stereocenters. The molecular formula is C9H10O2S. The van der Waals surface area contributed by atoms with Crippen LogP contribution in [0.4, 0.5) is 4.79 Å². The van der Waals surface area contributed by atoms with Gasteiger partial charge in [-0.15, -0.1) is 0 Å². The lowest BCUT2D eigenvalue weighted by atomic mass is 10.2. The minimum absolute atomic E-state index is 0.395. The molecule has 2 nitrogen and oxygen atoms in total. The molecule has 0 aliphatic rings. The maximum Gasteiger partial charge on any atom is 0.364 e. The molecule has 0 saturated heterocycles. The first-order valence-corrected chi connectivity index (χ1v) is 4.13. The normalized spacial score (nSPS) is 9.42. The molecule has 0 amide bonds. The predicted molar refractivity (Wildman–Crippen MR) is 50.5 cm³/mol. The zero-order valence-electron chi connectivity index (χ0n) is 6.56. The molecule has 12 heavy (non-hydrogen) atoms. The fourth-order valence-electron chi connectivity index (χ4n) is 0.901. The molecule has 0 spiro atoms. The highest BCUT2D eigenvalue weighted by Crippen LogP contribution is 2.00. The van der Waals surface area contributed by atoms with E-state index in [0.717, 1.165) is 12.0 Å². The van der Waals surface area contributed by atoms with Gasteiger partial charge in [0.15, 0.2) is 0 Å². The maximum absolute atomic E-state index is 10.3. The Labute approximate surface area is 77.0 Å². The van der Waals surface area contributed by atoms with Crippen molar-refractivity contribution in [3.8, 4) is 0 Å². The highest BCUT2D eigenvalue weighted by molar-refractivity contribution is 7.96. The van der Waals surface area contributed by atoms with Crippen LogP contribution in [-0.4, -0.2) is 11.9 Å². The number of ether oxygens (including phenoxy) is 1. The number of rotatable bonds is 3. The van der Waals surface area contributed by atoms with Gasteiger partial charge in [0, 0.05) is 6.42 Å². The largest absolute Gasteiger partial charge is 0.457 e. The van der Waals surface area contributed by atoms with E-state index in [2.05, 4.69) is 17.4 Å². The van der Waals surface area contributed by atoms with Gasteiger partial charge in [0.1, 0.15) is 0 Å². The predicted octanol–water partition coefficient (Wildman–Crippen LogP) is 2.30. The van der Waals surface area contributed by atoms with E-state index in [1.807, 2.05) is 30.3 Å². The first-order chi connectivity index (χ1) is 5.79. The second-order valence-electron chi connectivity index (χ2n) is 2.35. The van der Waals surface area contributed by atoms with Gasteiger partial charge < -0.3 is 4.74 Å². The van der Waals surface area contributed by atoms with Crippen molar-refractivity contribution >= 4 is 17.9 Å². The van der Waals surface area contributed by atoms with Crippen molar-refractivity contribution in [1.29, 1.82) is 0 Å². The van der Waals surface area contributed by atoms with Gasteiger partial charge >= 0.3 is 5.30 Å². The summed E-state index contributed by atoms with van der Waals surface area (Å²) in [6.07, 6.45) is 0.743. The second kappa shape index (κ2) is 4.83. The molecule has 0 bridgehead atoms. The van der Waals surface area contributed by atoms with Gasteiger partial charge in [0.05, 0.1) is 6.61 Å². The van der Waals surface area contributed by atoms with Gasteiger partial charge in [-0.3, -0.25) is 0 Å². The molecule has 0 saturated carbocycles. The molecule has 0 aromatic heterocycles. The third kappa shape index (κ3) is 3.44. The number of carbonyl (C=O) groups excluding carboxylic acids is 1. The Kier molecular flexibility index (Phi) is 3.67. The Balaban J connectivity index is 2.29. The van der Waals surface area contributed by atoms with Crippen molar-refractivity contribution in [3.05, 3.63) is 35.9 Å². The Morgan fingerprint density at radius 2 is 2.00 bits per heavy atom. The number of hydrogen-bond acceptors (Lipinski definition) is 2. The van der Waals surface area contributed by atoms with Crippen molar-refractivity contribution in [2.75, 3.05) is 6.61 Å². The molecule has 1 aromatic carbocycles. The van der Waals surface area contributed by atoms with Crippen molar-refractivity contribution in [1.82, 2.24) is 0 Å². The molecule has 1 aromatic rings. The highest BCUT2D eigenvalue weighted by Gasteiger charge is 1.94. The van der Waals surface area contributed by atoms with Crippen LogP contribution in [0, 0.1) is 0 Å². The fourth-order valence-corrected chi connectivity index (χ4v) is 0.992. The molecule has 0 heterocycles. The Morgan fingerprint density at radius 3 is 2.58 bits per heavy atom. The lowest BCUT2D eigenvalue weighted by Gasteiger charge is -2.00. The summed E-state index contributed by atoms with van der Waals surface area (Å²) in [5.74, 6) is 0. The van der Waals surface area contributed by atoms with Crippen LogP contribution in [-0.2, 0) is 11.2 Å². The zero-order chi connectivity index (χ0) is 8.81. The van der Waals surface area contributed by atoms with Crippen molar-refractivity contribution < 1.29 is 9.53 Å². The molecule has 0 aliphatic heterocycles. The Bertz CT molecular complexity index is 246. The molecule has 64 valence electrons. The fraction of sp³-hybridized carbons (Fsp3) is 0.222. The smallest absolute Gasteiger partial charge is 0.364 e. The van der Waals surface area contributed by atoms with E-state index >= 15 is 0 Å². The Morgan fingerprint density at radius 1 is 1.33 bits per heavy atom. The van der Waals surface area contributed by atoms with E-state index in [4.69, 9.17) is 0 Å². The van der Waals surface area contributed by atoms with Gasteiger partial charge in [0.25, 0.3) is 0 Å². The van der Waals surface area contributed by atoms with Crippen LogP contribution in [0.5, 0.6) is 0 Å². The summed E-state index contributed by atoms with van der Waals surface area (Å²) in [6.45, 7) is 0.395. The summed E-state index contributed by atoms with van der Waals surface area (Å²) in [5, 5.41) is -0.522. The van der Waals surface area contributed by atoms with Crippen LogP contribution in [0.3, 0.4) is 0 Å². The quantitative estimate of drug-likeness (QED) is 0.573. The summed E-state index contributed by atoms with van der Waals surface area (Å²) >= 11 is 3.48. The summed E-state index contributed by atoms with van der Waals surface area (Å²) < 4.78 is 4.67. The molecule has 0 fully saturated rings. The lowest BCUT2D eigenvalue weighted by molar-refractivity contribution is 0.177. The van der Waals surface area contributed by atoms with E-state index in [0.29, 0.717) is 6.61 Å². The number of hydrogen-bond donors (Lipinski definition) is 1. The maximum atomic E-state index is 10.3. The molecule has 1 rings (SSSR count). The standard InChI is InChI=1S/C9H10O2S/c10-9(12)11-7-6-8-4-2-1-3-5-8/h1-5H,6-7H2,(H,10,12). The molecule has 3 heteroatoms. The average Bonchev–Trinajstić information content (AvgIpc) is 2.05. The number of carbonyl (C=O) groups is 1. The van der Waals surface area contributed by atoms with Crippen molar-refractivity contribution in [2.24, 2.45) is 0 Å². The van der Waals surface area contributed by atoms with Crippen LogP contribution < -0.4 is 0 Å². The first-order valence-electron chi connectivity index (χ1n) is 3.68. The third-order valence-electron chi connectivity index (χ3n) is 1.46. The third-order valence-corrected chi connectivity index (χ3v) is 1.59. The van der Waals surface area contributed by atoms with Crippen LogP contribution in [0.25, 0.3) is 0 Å². The number of benzene rings is 1. The van der Waals surface area contributed by atoms with Crippen LogP contribution in [0.2, 0.25) is 0 Å². The van der Waals surface area contributed by atoms with Gasteiger partial charge in [-0.25, -0.2) is 4.79 Å². The van der Waals surface area contributed by atoms with E-state index in [1.165, 1.54) is 0 Å². The Hall–Kier alpha value is -0.960. The second-order valence-corrected chi connectivity index (χ2v) is 2.72. The summed E-state index contributed by atoms with van der Waals surface area (Å²) in [6, 6.07) is 9.85. The van der Waals surface area contributed by atoms with E-state index < -0.39 is 5.30 Å². The van der Waals surface area contributed by atoms with Gasteiger partial charge in [-0.2, -0.15) is 0 Å². The SMILES string of the molecule is O=C(S)OCCc1ccccc1. The van der Waals surface area contributed by atoms with Gasteiger partial charge in [-0.1, -0.05) is 43.0 Å². The highest BCUT2D eigenvalue weighted by atomic mass is 32.1. The summed E-state index contributed by atoms with van der Waals surface area (Å²) in [4.78, 5) is 10.3. The van der Waals surface area contributed by atoms with E-state index in [-0.39, 0.29) is 0 Å². The summed E-state index contributed by atoms with van der Waals surface area (Å²) in [7, 11) is 0. The van der Waals surface area contributed by atoms with Crippen LogP contribution in [0.1, 0.15) is 5.56 Å². The van der Waals surface area contributed by atoms with E-state index in [9.17, 15) is 4.79 Å². The number of thiol groups is 1. The van der Waals surface area contributed by atoms with Crippen molar-refractivity contribution in [2.45, 2.75) is 6.42 Å². The molecule has 0 aliphatic carbocycles. The van der Waals surface area contributed by atoms with Gasteiger partial charge in [0.2, 0.25) is 0 Å². The minimum Gasteiger partial charge on any atom is -0.457 e. The molecule has 0 N–H and O–H groups in total. The summed E-state index contributed by atoms with van der Waals surface area (Å²) in [5.41, 5.74) is 1.16. The van der Waals surface area contributed by atoms with Gasteiger partial charge in [-0.05, 0) is 5.56 Å². The first kappa shape index (κ1) is 9.13. The zero-order valence-corrected chi connectivity index (χ0v) is 7.46. The van der Waals surface area contributed by atoms with Crippen molar-refractivity contribution in [3.63, 3.8) is 0 Å². The van der Waals surface area contributed by atoms with Crippen LogP contribution >= 0.6 is 12.6 Å². The average molecular weight is 182 g/mol. The minimum atomic E-state index is -0.522. The molecule has 0 atom stereocenters.